The molecule has 0 amide bonds. The third kappa shape index (κ3) is 1.79. The topological polar surface area (TPSA) is 8.29 Å². The van der Waals surface area contributed by atoms with E-state index in [1.165, 1.54) is 11.2 Å². The van der Waals surface area contributed by atoms with E-state index < -0.39 is 0 Å². The van der Waals surface area contributed by atoms with Crippen LogP contribution in [0.3, 0.4) is 0 Å². The predicted octanol–water partition coefficient (Wildman–Crippen LogP) is -0.780. The van der Waals surface area contributed by atoms with Crippen molar-refractivity contribution in [2.75, 3.05) is 0 Å². The number of hydrogen-bond donors (Lipinski definition) is 0. The van der Waals surface area contributed by atoms with Gasteiger partial charge in [-0.05, 0) is 24.3 Å². The molecule has 0 radical (unpaired) electrons. The van der Waals surface area contributed by atoms with Crippen molar-refractivity contribution in [2.24, 2.45) is 0 Å². The van der Waals surface area contributed by atoms with Crippen LogP contribution >= 0.6 is 0 Å². The Morgan fingerprint density at radius 2 is 1.62 bits per heavy atom. The highest BCUT2D eigenvalue weighted by Gasteiger charge is 2.06. The quantitative estimate of drug-likeness (QED) is 0.485. The van der Waals surface area contributed by atoms with Crippen LogP contribution in [0.25, 0.3) is 11.2 Å². The normalized spacial score (nSPS) is 10.0. The van der Waals surface area contributed by atoms with Crippen molar-refractivity contribution in [1.82, 2.24) is 4.40 Å². The molecule has 0 aliphatic carbocycles. The molecular formula is C13H11ClN2. The molecule has 2 nitrogen and oxygen atoms in total. The second-order valence-electron chi connectivity index (χ2n) is 3.52. The highest BCUT2D eigenvalue weighted by molar-refractivity contribution is 5.42. The van der Waals surface area contributed by atoms with E-state index in [2.05, 4.69) is 45.9 Å². The van der Waals surface area contributed by atoms with Gasteiger partial charge in [-0.15, -0.1) is 0 Å². The van der Waals surface area contributed by atoms with Crippen molar-refractivity contribution < 1.29 is 17.0 Å². The molecule has 2 heterocycles. The molecule has 0 fully saturated rings. The van der Waals surface area contributed by atoms with Crippen LogP contribution in [0.4, 0.5) is 0 Å². The summed E-state index contributed by atoms with van der Waals surface area (Å²) in [6.07, 6.45) is 6.24. The number of aromatic nitrogens is 2. The van der Waals surface area contributed by atoms with Gasteiger partial charge in [0.05, 0.1) is 6.20 Å². The molecule has 0 aliphatic rings. The van der Waals surface area contributed by atoms with Crippen LogP contribution in [-0.2, 0) is 0 Å². The molecule has 0 N–H and O–H groups in total. The smallest absolute Gasteiger partial charge is 0.254 e. The zero-order valence-electron chi connectivity index (χ0n) is 8.62. The van der Waals surface area contributed by atoms with Gasteiger partial charge in [0.1, 0.15) is 11.9 Å². The standard InChI is InChI=1S/C13H11N2.ClH/c1-2-6-12(7-3-1)15-10-13-8-4-5-9-14(13)11-15;/h1-11H;1H/q+1;/p-1. The Bertz CT molecular complexity index is 554. The summed E-state index contributed by atoms with van der Waals surface area (Å²) in [5, 5.41) is 0. The van der Waals surface area contributed by atoms with Gasteiger partial charge in [0, 0.05) is 0 Å². The van der Waals surface area contributed by atoms with Crippen molar-refractivity contribution in [3.8, 4) is 5.69 Å². The maximum atomic E-state index is 2.12. The summed E-state index contributed by atoms with van der Waals surface area (Å²) < 4.78 is 4.22. The zero-order valence-corrected chi connectivity index (χ0v) is 9.38. The molecule has 0 spiro atoms. The maximum Gasteiger partial charge on any atom is 0.254 e. The monoisotopic (exact) mass is 230 g/mol. The molecule has 3 rings (SSSR count). The first-order valence-corrected chi connectivity index (χ1v) is 4.97. The van der Waals surface area contributed by atoms with E-state index in [0.29, 0.717) is 0 Å². The Balaban J connectivity index is 0.000000963. The van der Waals surface area contributed by atoms with Crippen LogP contribution in [0.1, 0.15) is 0 Å². The highest BCUT2D eigenvalue weighted by Crippen LogP contribution is 2.03. The van der Waals surface area contributed by atoms with E-state index in [0.717, 1.165) is 0 Å². The lowest BCUT2D eigenvalue weighted by Crippen LogP contribution is -3.00. The van der Waals surface area contributed by atoms with Crippen LogP contribution in [0.2, 0.25) is 0 Å². The minimum absolute atomic E-state index is 0. The first-order valence-electron chi connectivity index (χ1n) is 4.97. The average molecular weight is 231 g/mol. The second-order valence-corrected chi connectivity index (χ2v) is 3.52. The van der Waals surface area contributed by atoms with Gasteiger partial charge >= 0.3 is 0 Å². The van der Waals surface area contributed by atoms with E-state index in [-0.39, 0.29) is 12.4 Å². The summed E-state index contributed by atoms with van der Waals surface area (Å²) in [4.78, 5) is 0. The number of halogens is 1. The number of fused-ring (bicyclic) bond motifs is 1. The lowest BCUT2D eigenvalue weighted by atomic mass is 10.3. The van der Waals surface area contributed by atoms with Crippen molar-refractivity contribution in [3.05, 3.63) is 67.3 Å². The van der Waals surface area contributed by atoms with Crippen LogP contribution < -0.4 is 17.0 Å². The molecule has 1 aromatic carbocycles. The first-order chi connectivity index (χ1) is 7.43. The Labute approximate surface area is 100 Å². The number of pyridine rings is 1. The van der Waals surface area contributed by atoms with Crippen molar-refractivity contribution in [2.45, 2.75) is 0 Å². The molecule has 3 heteroatoms. The fourth-order valence-corrected chi connectivity index (χ4v) is 1.73. The molecule has 0 bridgehead atoms. The lowest BCUT2D eigenvalue weighted by molar-refractivity contribution is -0.594. The summed E-state index contributed by atoms with van der Waals surface area (Å²) >= 11 is 0. The molecule has 0 saturated heterocycles. The van der Waals surface area contributed by atoms with Gasteiger partial charge in [0.2, 0.25) is 0 Å². The van der Waals surface area contributed by atoms with Crippen molar-refractivity contribution >= 4 is 5.52 Å². The minimum Gasteiger partial charge on any atom is -1.00 e. The van der Waals surface area contributed by atoms with E-state index in [4.69, 9.17) is 0 Å². The molecule has 0 atom stereocenters. The summed E-state index contributed by atoms with van der Waals surface area (Å²) in [5.41, 5.74) is 2.38. The fourth-order valence-electron chi connectivity index (χ4n) is 1.73. The number of nitrogens with zero attached hydrogens (tertiary/aromatic N) is 2. The van der Waals surface area contributed by atoms with Crippen LogP contribution in [0.15, 0.2) is 67.3 Å². The summed E-state index contributed by atoms with van der Waals surface area (Å²) in [6.45, 7) is 0. The van der Waals surface area contributed by atoms with Crippen molar-refractivity contribution in [1.29, 1.82) is 0 Å². The molecule has 3 aromatic rings. The Morgan fingerprint density at radius 3 is 2.38 bits per heavy atom. The zero-order chi connectivity index (χ0) is 10.1. The van der Waals surface area contributed by atoms with Gasteiger partial charge in [-0.1, -0.05) is 24.3 Å². The van der Waals surface area contributed by atoms with Crippen LogP contribution in [0, 0.1) is 0 Å². The van der Waals surface area contributed by atoms with Crippen molar-refractivity contribution in [3.63, 3.8) is 0 Å². The van der Waals surface area contributed by atoms with Crippen LogP contribution in [0.5, 0.6) is 0 Å². The molecule has 80 valence electrons. The molecule has 0 aliphatic heterocycles. The number of rotatable bonds is 1. The van der Waals surface area contributed by atoms with E-state index >= 15 is 0 Å². The average Bonchev–Trinajstić information content (AvgIpc) is 2.74. The number of hydrogen-bond acceptors (Lipinski definition) is 0. The number of para-hydroxylation sites is 1. The lowest BCUT2D eigenvalue weighted by Gasteiger charge is -1.91. The highest BCUT2D eigenvalue weighted by atomic mass is 35.5. The first kappa shape index (κ1) is 10.7. The number of imidazole rings is 1. The van der Waals surface area contributed by atoms with Gasteiger partial charge in [-0.25, -0.2) is 8.97 Å². The fraction of sp³-hybridized carbons (Fsp3) is 0. The minimum atomic E-state index is 0. The van der Waals surface area contributed by atoms with Gasteiger partial charge < -0.3 is 12.4 Å². The molecular weight excluding hydrogens is 220 g/mol. The van der Waals surface area contributed by atoms with E-state index in [9.17, 15) is 0 Å². The number of benzene rings is 1. The predicted molar refractivity (Wildman–Crippen MR) is 58.9 cm³/mol. The van der Waals surface area contributed by atoms with E-state index in [1.54, 1.807) is 0 Å². The maximum absolute atomic E-state index is 2.12. The van der Waals surface area contributed by atoms with Crippen LogP contribution in [-0.4, -0.2) is 4.40 Å². The van der Waals surface area contributed by atoms with Gasteiger partial charge in [0.15, 0.2) is 5.52 Å². The Kier molecular flexibility index (Phi) is 2.93. The molecule has 0 saturated carbocycles. The second kappa shape index (κ2) is 4.37. The third-order valence-electron chi connectivity index (χ3n) is 2.50. The Hall–Kier alpha value is -1.80. The summed E-state index contributed by atoms with van der Waals surface area (Å²) in [5.74, 6) is 0. The summed E-state index contributed by atoms with van der Waals surface area (Å²) in [6, 6.07) is 16.5. The molecule has 0 unspecified atom stereocenters. The van der Waals surface area contributed by atoms with Gasteiger partial charge in [-0.2, -0.15) is 0 Å². The van der Waals surface area contributed by atoms with E-state index in [1.807, 2.05) is 30.3 Å². The Morgan fingerprint density at radius 1 is 0.875 bits per heavy atom. The summed E-state index contributed by atoms with van der Waals surface area (Å²) in [7, 11) is 0. The van der Waals surface area contributed by atoms with Gasteiger partial charge in [0.25, 0.3) is 6.33 Å². The molecule has 16 heavy (non-hydrogen) atoms. The molecule has 2 aromatic heterocycles. The third-order valence-corrected chi connectivity index (χ3v) is 2.50. The van der Waals surface area contributed by atoms with Gasteiger partial charge in [-0.3, -0.25) is 0 Å². The SMILES string of the molecule is [Cl-].c1ccc(-[n+]2cc3ccccn3c2)cc1. The largest absolute Gasteiger partial charge is 1.00 e.